The highest BCUT2D eigenvalue weighted by atomic mass is 19.1. The van der Waals surface area contributed by atoms with Crippen LogP contribution in [0.5, 0.6) is 0 Å². The molecule has 0 aromatic carbocycles. The highest BCUT2D eigenvalue weighted by Gasteiger charge is 2.37. The Morgan fingerprint density at radius 1 is 1.35 bits per heavy atom. The molecule has 5 nitrogen and oxygen atoms in total. The molecule has 2 aliphatic heterocycles. The van der Waals surface area contributed by atoms with Crippen LogP contribution in [0.4, 0.5) is 9.18 Å². The Morgan fingerprint density at radius 3 is 2.53 bits per heavy atom. The molecule has 2 fully saturated rings. The molecule has 2 atom stereocenters. The van der Waals surface area contributed by atoms with Crippen LogP contribution in [0.3, 0.4) is 0 Å². The summed E-state index contributed by atoms with van der Waals surface area (Å²) < 4.78 is 13.3. The van der Waals surface area contributed by atoms with Crippen molar-refractivity contribution in [1.82, 2.24) is 9.80 Å². The van der Waals surface area contributed by atoms with E-state index < -0.39 is 12.3 Å². The molecule has 0 unspecified atom stereocenters. The molecular formula is C11H19FN2O3. The first kappa shape index (κ1) is 12.6. The van der Waals surface area contributed by atoms with Crippen LogP contribution in [0.1, 0.15) is 19.3 Å². The Balaban J connectivity index is 1.89. The maximum Gasteiger partial charge on any atom is 0.407 e. The van der Waals surface area contributed by atoms with Gasteiger partial charge in [-0.3, -0.25) is 4.90 Å². The molecule has 6 heteroatoms. The molecule has 0 saturated carbocycles. The summed E-state index contributed by atoms with van der Waals surface area (Å²) in [7, 11) is 0. The molecule has 0 aromatic rings. The van der Waals surface area contributed by atoms with Crippen LogP contribution in [0.15, 0.2) is 0 Å². The zero-order valence-corrected chi connectivity index (χ0v) is 9.76. The smallest absolute Gasteiger partial charge is 0.407 e. The van der Waals surface area contributed by atoms with Gasteiger partial charge in [0, 0.05) is 31.7 Å². The largest absolute Gasteiger partial charge is 0.465 e. The van der Waals surface area contributed by atoms with E-state index in [4.69, 9.17) is 5.11 Å². The number of aliphatic hydroxyl groups is 1. The first-order chi connectivity index (χ1) is 8.11. The summed E-state index contributed by atoms with van der Waals surface area (Å²) in [6.45, 7) is 1.37. The van der Waals surface area contributed by atoms with E-state index in [2.05, 4.69) is 0 Å². The third kappa shape index (κ3) is 2.69. The van der Waals surface area contributed by atoms with Crippen LogP contribution in [0, 0.1) is 0 Å². The number of likely N-dealkylation sites (tertiary alicyclic amines) is 2. The van der Waals surface area contributed by atoms with Crippen molar-refractivity contribution in [2.45, 2.75) is 37.5 Å². The molecular weight excluding hydrogens is 227 g/mol. The number of aliphatic hydroxyl groups excluding tert-OH is 1. The highest BCUT2D eigenvalue weighted by Crippen LogP contribution is 2.27. The van der Waals surface area contributed by atoms with Crippen molar-refractivity contribution >= 4 is 6.09 Å². The third-order valence-corrected chi connectivity index (χ3v) is 3.82. The first-order valence-electron chi connectivity index (χ1n) is 6.10. The van der Waals surface area contributed by atoms with Crippen molar-refractivity contribution in [1.29, 1.82) is 0 Å². The molecule has 0 spiro atoms. The number of rotatable bonds is 2. The zero-order valence-electron chi connectivity index (χ0n) is 9.76. The maximum atomic E-state index is 13.3. The van der Waals surface area contributed by atoms with E-state index >= 15 is 0 Å². The van der Waals surface area contributed by atoms with Gasteiger partial charge in [-0.1, -0.05) is 0 Å². The molecule has 2 aliphatic rings. The maximum absolute atomic E-state index is 13.3. The molecule has 2 saturated heterocycles. The second kappa shape index (κ2) is 5.18. The summed E-state index contributed by atoms with van der Waals surface area (Å²) in [6, 6.07) is 0.120. The predicted octanol–water partition coefficient (Wildman–Crippen LogP) is 0.533. The normalized spacial score (nSPS) is 32.0. The molecule has 0 aromatic heterocycles. The number of piperidine rings is 1. The molecule has 0 bridgehead atoms. The van der Waals surface area contributed by atoms with Crippen LogP contribution in [0.25, 0.3) is 0 Å². The lowest BCUT2D eigenvalue weighted by atomic mass is 10.0. The van der Waals surface area contributed by atoms with E-state index in [0.29, 0.717) is 26.1 Å². The molecule has 98 valence electrons. The summed E-state index contributed by atoms with van der Waals surface area (Å²) in [5, 5.41) is 18.1. The zero-order chi connectivity index (χ0) is 12.4. The SMILES string of the molecule is O=C(O)N1CCC(N2C[C@H](F)C[C@@H]2CO)CC1. The van der Waals surface area contributed by atoms with Crippen molar-refractivity contribution in [2.75, 3.05) is 26.2 Å². The van der Waals surface area contributed by atoms with Crippen molar-refractivity contribution in [2.24, 2.45) is 0 Å². The Kier molecular flexibility index (Phi) is 3.83. The Bertz CT molecular complexity index is 282. The highest BCUT2D eigenvalue weighted by molar-refractivity contribution is 5.65. The molecule has 17 heavy (non-hydrogen) atoms. The van der Waals surface area contributed by atoms with Gasteiger partial charge in [0.15, 0.2) is 0 Å². The van der Waals surface area contributed by atoms with Gasteiger partial charge in [0.05, 0.1) is 6.61 Å². The fourth-order valence-corrected chi connectivity index (χ4v) is 2.90. The molecule has 0 radical (unpaired) electrons. The number of alkyl halides is 1. The lowest BCUT2D eigenvalue weighted by Crippen LogP contribution is -2.48. The lowest BCUT2D eigenvalue weighted by molar-refractivity contribution is 0.0687. The van der Waals surface area contributed by atoms with Gasteiger partial charge in [-0.15, -0.1) is 0 Å². The van der Waals surface area contributed by atoms with Crippen molar-refractivity contribution in [3.63, 3.8) is 0 Å². The Morgan fingerprint density at radius 2 is 2.00 bits per heavy atom. The van der Waals surface area contributed by atoms with Crippen LogP contribution < -0.4 is 0 Å². The van der Waals surface area contributed by atoms with Gasteiger partial charge in [0.2, 0.25) is 0 Å². The molecule has 2 N–H and O–H groups in total. The van der Waals surface area contributed by atoms with Crippen LogP contribution in [-0.4, -0.2) is 70.6 Å². The number of carboxylic acid groups (broad SMARTS) is 1. The van der Waals surface area contributed by atoms with E-state index in [1.807, 2.05) is 4.90 Å². The second-order valence-electron chi connectivity index (χ2n) is 4.87. The van der Waals surface area contributed by atoms with Gasteiger partial charge in [-0.25, -0.2) is 9.18 Å². The van der Waals surface area contributed by atoms with Gasteiger partial charge in [-0.05, 0) is 19.3 Å². The van der Waals surface area contributed by atoms with Crippen LogP contribution >= 0.6 is 0 Å². The van der Waals surface area contributed by atoms with E-state index in [1.165, 1.54) is 4.90 Å². The number of nitrogens with zero attached hydrogens (tertiary/aromatic N) is 2. The molecule has 1 amide bonds. The van der Waals surface area contributed by atoms with Gasteiger partial charge >= 0.3 is 6.09 Å². The first-order valence-corrected chi connectivity index (χ1v) is 6.10. The standard InChI is InChI=1S/C11H19FN2O3/c12-8-5-10(7-15)14(6-8)9-1-3-13(4-2-9)11(16)17/h8-10,15H,1-7H2,(H,16,17)/t8-,10-/m1/s1. The number of halogens is 1. The predicted molar refractivity (Wildman–Crippen MR) is 59.7 cm³/mol. The number of amides is 1. The van der Waals surface area contributed by atoms with Gasteiger partial charge in [0.1, 0.15) is 6.17 Å². The van der Waals surface area contributed by atoms with Crippen LogP contribution in [0.2, 0.25) is 0 Å². The van der Waals surface area contributed by atoms with Crippen LogP contribution in [-0.2, 0) is 0 Å². The quantitative estimate of drug-likeness (QED) is 0.746. The fourth-order valence-electron chi connectivity index (χ4n) is 2.90. The average molecular weight is 246 g/mol. The minimum Gasteiger partial charge on any atom is -0.465 e. The monoisotopic (exact) mass is 246 g/mol. The molecule has 2 rings (SSSR count). The van der Waals surface area contributed by atoms with Crippen molar-refractivity contribution < 1.29 is 19.4 Å². The number of hydrogen-bond donors (Lipinski definition) is 2. The van der Waals surface area contributed by atoms with Crippen molar-refractivity contribution in [3.05, 3.63) is 0 Å². The van der Waals surface area contributed by atoms with E-state index in [-0.39, 0.29) is 18.7 Å². The van der Waals surface area contributed by atoms with E-state index in [9.17, 15) is 14.3 Å². The van der Waals surface area contributed by atoms with E-state index in [1.54, 1.807) is 0 Å². The lowest BCUT2D eigenvalue weighted by Gasteiger charge is -2.37. The summed E-state index contributed by atoms with van der Waals surface area (Å²) >= 11 is 0. The fraction of sp³-hybridized carbons (Fsp3) is 0.909. The number of hydrogen-bond acceptors (Lipinski definition) is 3. The molecule has 0 aliphatic carbocycles. The molecule has 2 heterocycles. The Hall–Kier alpha value is -0.880. The number of carbonyl (C=O) groups is 1. The Labute approximate surface area is 99.8 Å². The van der Waals surface area contributed by atoms with Gasteiger partial charge in [-0.2, -0.15) is 0 Å². The summed E-state index contributed by atoms with van der Waals surface area (Å²) in [5.41, 5.74) is 0. The minimum absolute atomic E-state index is 0.0143. The third-order valence-electron chi connectivity index (χ3n) is 3.82. The summed E-state index contributed by atoms with van der Waals surface area (Å²) in [6.07, 6.45) is 0.123. The average Bonchev–Trinajstić information content (AvgIpc) is 2.70. The summed E-state index contributed by atoms with van der Waals surface area (Å²) in [4.78, 5) is 14.2. The minimum atomic E-state index is -0.882. The topological polar surface area (TPSA) is 64.0 Å². The summed E-state index contributed by atoms with van der Waals surface area (Å²) in [5.74, 6) is 0. The van der Waals surface area contributed by atoms with E-state index in [0.717, 1.165) is 12.8 Å². The van der Waals surface area contributed by atoms with Crippen molar-refractivity contribution in [3.8, 4) is 0 Å². The van der Waals surface area contributed by atoms with Gasteiger partial charge < -0.3 is 15.1 Å². The van der Waals surface area contributed by atoms with Gasteiger partial charge in [0.25, 0.3) is 0 Å². The second-order valence-corrected chi connectivity index (χ2v) is 4.87.